The van der Waals surface area contributed by atoms with Gasteiger partial charge in [0.25, 0.3) is 0 Å². The summed E-state index contributed by atoms with van der Waals surface area (Å²) < 4.78 is 20.4. The molecule has 2 unspecified atom stereocenters. The Bertz CT molecular complexity index is 927. The van der Waals surface area contributed by atoms with Crippen LogP contribution in [0.15, 0.2) is 23.2 Å². The van der Waals surface area contributed by atoms with Crippen LogP contribution in [-0.2, 0) is 9.59 Å². The summed E-state index contributed by atoms with van der Waals surface area (Å²) in [7, 11) is 0. The molecule has 1 aliphatic carbocycles. The fourth-order valence-corrected chi connectivity index (χ4v) is 4.48. The van der Waals surface area contributed by atoms with Crippen molar-refractivity contribution < 1.29 is 18.7 Å². The van der Waals surface area contributed by atoms with Crippen molar-refractivity contribution in [3.05, 3.63) is 29.6 Å². The number of ether oxygens (including phenoxy) is 1. The maximum absolute atomic E-state index is 14.5. The molecule has 30 heavy (non-hydrogen) atoms. The van der Waals surface area contributed by atoms with Gasteiger partial charge in [-0.2, -0.15) is 0 Å². The fourth-order valence-electron chi connectivity index (χ4n) is 4.48. The van der Waals surface area contributed by atoms with Crippen LogP contribution in [0.4, 0.5) is 4.39 Å². The lowest BCUT2D eigenvalue weighted by Gasteiger charge is -2.38. The minimum absolute atomic E-state index is 0.0249. The number of aliphatic imine (C=N–C) groups is 1. The Balaban J connectivity index is 1.42. The van der Waals surface area contributed by atoms with Gasteiger partial charge < -0.3 is 15.8 Å². The van der Waals surface area contributed by atoms with Crippen molar-refractivity contribution >= 4 is 17.8 Å². The molecule has 3 atom stereocenters. The topological polar surface area (TPSA) is 97.0 Å². The zero-order chi connectivity index (χ0) is 21.8. The molecular weight excluding hydrogens is 387 g/mol. The molecule has 162 valence electrons. The number of nitrogens with one attached hydrogen (secondary N) is 1. The number of amides is 2. The molecule has 1 fully saturated rings. The first-order valence-corrected chi connectivity index (χ1v) is 10.4. The molecule has 4 rings (SSSR count). The highest BCUT2D eigenvalue weighted by Crippen LogP contribution is 2.44. The van der Waals surface area contributed by atoms with Crippen LogP contribution >= 0.6 is 0 Å². The minimum Gasteiger partial charge on any atom is -0.487 e. The number of benzene rings is 1. The largest absolute Gasteiger partial charge is 0.487 e. The number of nitrogens with zero attached hydrogens (tertiary/aromatic N) is 2. The van der Waals surface area contributed by atoms with Crippen molar-refractivity contribution in [3.8, 4) is 5.75 Å². The minimum atomic E-state index is -0.514. The predicted molar refractivity (Wildman–Crippen MR) is 110 cm³/mol. The number of halogens is 1. The summed E-state index contributed by atoms with van der Waals surface area (Å²) >= 11 is 0. The summed E-state index contributed by atoms with van der Waals surface area (Å²) in [6.45, 7) is 7.97. The molecule has 3 N–H and O–H groups in total. The molecule has 7 nitrogen and oxygen atoms in total. The predicted octanol–water partition coefficient (Wildman–Crippen LogP) is 2.51. The first-order chi connectivity index (χ1) is 14.0. The number of fused-ring (bicyclic) bond motifs is 1. The van der Waals surface area contributed by atoms with E-state index < -0.39 is 17.2 Å². The number of carbonyl (C=O) groups is 2. The summed E-state index contributed by atoms with van der Waals surface area (Å²) in [5, 5.41) is 3.01. The van der Waals surface area contributed by atoms with Crippen LogP contribution in [0.3, 0.4) is 0 Å². The summed E-state index contributed by atoms with van der Waals surface area (Å²) in [4.78, 5) is 31.2. The molecular formula is C22H29FN4O3. The molecule has 2 amide bonds. The van der Waals surface area contributed by atoms with Crippen molar-refractivity contribution in [3.63, 3.8) is 0 Å². The van der Waals surface area contributed by atoms with Gasteiger partial charge in [0.05, 0.1) is 23.6 Å². The summed E-state index contributed by atoms with van der Waals surface area (Å²) in [6, 6.07) is 4.26. The van der Waals surface area contributed by atoms with Crippen LogP contribution in [0.1, 0.15) is 58.6 Å². The Morgan fingerprint density at radius 3 is 2.80 bits per heavy atom. The Morgan fingerprint density at radius 1 is 1.37 bits per heavy atom. The fraction of sp³-hybridized carbons (Fsp3) is 0.591. The Morgan fingerprint density at radius 2 is 2.10 bits per heavy atom. The highest BCUT2D eigenvalue weighted by molar-refractivity contribution is 5.99. The molecule has 2 heterocycles. The van der Waals surface area contributed by atoms with Gasteiger partial charge in [0.2, 0.25) is 11.8 Å². The second kappa shape index (κ2) is 6.96. The number of hydrogen-bond donors (Lipinski definition) is 2. The average Bonchev–Trinajstić information content (AvgIpc) is 3.35. The first-order valence-electron chi connectivity index (χ1n) is 10.4. The molecule has 0 bridgehead atoms. The molecule has 1 aromatic carbocycles. The Kier molecular flexibility index (Phi) is 4.78. The second-order valence-electron chi connectivity index (χ2n) is 9.84. The molecule has 3 aliphatic rings. The number of carbonyl (C=O) groups excluding carboxylic acids is 2. The quantitative estimate of drug-likeness (QED) is 0.788. The zero-order valence-corrected chi connectivity index (χ0v) is 17.9. The molecule has 2 aliphatic heterocycles. The van der Waals surface area contributed by atoms with E-state index in [1.807, 2.05) is 27.7 Å². The van der Waals surface area contributed by atoms with Crippen molar-refractivity contribution in [1.29, 1.82) is 0 Å². The maximum Gasteiger partial charge on any atom is 0.231 e. The third-order valence-corrected chi connectivity index (χ3v) is 6.01. The van der Waals surface area contributed by atoms with Crippen LogP contribution in [0.5, 0.6) is 5.75 Å². The van der Waals surface area contributed by atoms with E-state index in [2.05, 4.69) is 10.3 Å². The molecule has 1 saturated carbocycles. The number of hydrogen-bond acceptors (Lipinski definition) is 5. The Hall–Kier alpha value is -2.64. The van der Waals surface area contributed by atoms with Crippen LogP contribution in [-0.4, -0.2) is 40.4 Å². The van der Waals surface area contributed by atoms with Gasteiger partial charge in [0, 0.05) is 18.9 Å². The van der Waals surface area contributed by atoms with E-state index >= 15 is 0 Å². The molecule has 0 saturated heterocycles. The lowest BCUT2D eigenvalue weighted by molar-refractivity contribution is -0.130. The third kappa shape index (κ3) is 4.00. The van der Waals surface area contributed by atoms with Crippen molar-refractivity contribution in [2.75, 3.05) is 6.54 Å². The van der Waals surface area contributed by atoms with Gasteiger partial charge in [-0.1, -0.05) is 6.07 Å². The smallest absolute Gasteiger partial charge is 0.231 e. The molecule has 8 heteroatoms. The standard InChI is InChI=1S/C22H29FN4O3/c1-21(2)10-17(28)27(20(24)26-21)11-12-8-13(12)19(29)25-15-9-22(3,4)30-16-7-5-6-14(23)18(15)16/h5-7,12-13,15H,8-11H2,1-4H3,(H2,24,26)(H,25,29)/t12-,13?,15?/m1/s1. The van der Waals surface area contributed by atoms with Crippen molar-refractivity contribution in [2.24, 2.45) is 22.6 Å². The van der Waals surface area contributed by atoms with E-state index in [4.69, 9.17) is 10.5 Å². The third-order valence-electron chi connectivity index (χ3n) is 6.01. The number of guanidine groups is 1. The Labute approximate surface area is 175 Å². The molecule has 0 spiro atoms. The van der Waals surface area contributed by atoms with Gasteiger partial charge in [-0.05, 0) is 52.2 Å². The van der Waals surface area contributed by atoms with Crippen molar-refractivity contribution in [1.82, 2.24) is 10.2 Å². The average molecular weight is 416 g/mol. The lowest BCUT2D eigenvalue weighted by Crippen LogP contribution is -2.50. The van der Waals surface area contributed by atoms with Gasteiger partial charge in [-0.25, -0.2) is 9.38 Å². The van der Waals surface area contributed by atoms with Gasteiger partial charge in [-0.15, -0.1) is 0 Å². The van der Waals surface area contributed by atoms with Gasteiger partial charge in [-0.3, -0.25) is 14.5 Å². The number of nitrogens with two attached hydrogens (primary N) is 1. The monoisotopic (exact) mass is 416 g/mol. The van der Waals surface area contributed by atoms with E-state index in [9.17, 15) is 14.0 Å². The first kappa shape index (κ1) is 20.6. The van der Waals surface area contributed by atoms with Gasteiger partial charge in [0.15, 0.2) is 5.96 Å². The van der Waals surface area contributed by atoms with Crippen LogP contribution < -0.4 is 15.8 Å². The van der Waals surface area contributed by atoms with Crippen LogP contribution in [0, 0.1) is 17.7 Å². The van der Waals surface area contributed by atoms with E-state index in [0.717, 1.165) is 0 Å². The van der Waals surface area contributed by atoms with Gasteiger partial charge >= 0.3 is 0 Å². The lowest BCUT2D eigenvalue weighted by atomic mass is 9.89. The van der Waals surface area contributed by atoms with E-state index in [0.29, 0.717) is 37.1 Å². The maximum atomic E-state index is 14.5. The zero-order valence-electron chi connectivity index (χ0n) is 17.9. The summed E-state index contributed by atoms with van der Waals surface area (Å²) in [5.74, 6) is -0.0958. The SMILES string of the molecule is CC1(C)CC(=O)N(C[C@H]2CC2C(=O)NC2CC(C)(C)Oc3cccc(F)c32)C(N)=N1. The normalized spacial score (nSPS) is 28.8. The van der Waals surface area contributed by atoms with E-state index in [-0.39, 0.29) is 35.4 Å². The van der Waals surface area contributed by atoms with E-state index in [1.54, 1.807) is 12.1 Å². The summed E-state index contributed by atoms with van der Waals surface area (Å²) in [6.07, 6.45) is 1.44. The van der Waals surface area contributed by atoms with Gasteiger partial charge in [0.1, 0.15) is 17.2 Å². The molecule has 0 radical (unpaired) electrons. The van der Waals surface area contributed by atoms with Crippen LogP contribution in [0.25, 0.3) is 0 Å². The van der Waals surface area contributed by atoms with Crippen molar-refractivity contribution in [2.45, 2.75) is 64.1 Å². The van der Waals surface area contributed by atoms with Crippen LogP contribution in [0.2, 0.25) is 0 Å². The second-order valence-corrected chi connectivity index (χ2v) is 9.84. The highest BCUT2D eigenvalue weighted by atomic mass is 19.1. The van der Waals surface area contributed by atoms with E-state index in [1.165, 1.54) is 11.0 Å². The molecule has 1 aromatic rings. The highest BCUT2D eigenvalue weighted by Gasteiger charge is 2.47. The number of rotatable bonds is 4. The molecule has 0 aromatic heterocycles. The summed E-state index contributed by atoms with van der Waals surface area (Å²) in [5.41, 5.74) is 5.38.